The Bertz CT molecular complexity index is 980. The van der Waals surface area contributed by atoms with Crippen molar-refractivity contribution >= 4 is 5.97 Å². The molecule has 2 N–H and O–H groups in total. The van der Waals surface area contributed by atoms with Gasteiger partial charge in [-0.05, 0) is 41.0 Å². The maximum atomic E-state index is 14.5. The van der Waals surface area contributed by atoms with Gasteiger partial charge in [-0.25, -0.2) is 4.39 Å². The van der Waals surface area contributed by atoms with Crippen LogP contribution in [-0.2, 0) is 11.4 Å². The Hall–Kier alpha value is -3.26. The van der Waals surface area contributed by atoms with Crippen molar-refractivity contribution in [3.8, 4) is 16.9 Å². The van der Waals surface area contributed by atoms with Crippen molar-refractivity contribution in [3.05, 3.63) is 65.1 Å². The van der Waals surface area contributed by atoms with Crippen molar-refractivity contribution in [2.45, 2.75) is 25.9 Å². The lowest BCUT2D eigenvalue weighted by atomic mass is 9.90. The van der Waals surface area contributed by atoms with Crippen LogP contribution in [0.1, 0.15) is 35.2 Å². The number of carboxylic acids is 1. The summed E-state index contributed by atoms with van der Waals surface area (Å²) in [6, 6.07) is 9.32. The Labute approximate surface area is 160 Å². The first kappa shape index (κ1) is 19.5. The molecule has 1 atom stereocenters. The average molecular weight is 386 g/mol. The molecule has 3 rings (SSSR count). The molecule has 0 amide bonds. The number of aryl methyl sites for hydroxylation is 1. The van der Waals surface area contributed by atoms with Crippen molar-refractivity contribution in [1.82, 2.24) is 10.2 Å². The summed E-state index contributed by atoms with van der Waals surface area (Å²) in [5, 5.41) is 26.6. The van der Waals surface area contributed by atoms with E-state index in [9.17, 15) is 19.4 Å². The van der Waals surface area contributed by atoms with Gasteiger partial charge in [-0.3, -0.25) is 4.79 Å². The van der Waals surface area contributed by atoms with Gasteiger partial charge in [-0.1, -0.05) is 12.1 Å². The van der Waals surface area contributed by atoms with E-state index in [0.29, 0.717) is 28.0 Å². The van der Waals surface area contributed by atoms with Crippen LogP contribution in [0.4, 0.5) is 4.39 Å². The van der Waals surface area contributed by atoms with E-state index in [-0.39, 0.29) is 24.8 Å². The molecule has 1 aromatic heterocycles. The predicted molar refractivity (Wildman–Crippen MR) is 97.4 cm³/mol. The number of rotatable bonds is 7. The summed E-state index contributed by atoms with van der Waals surface area (Å²) in [6.45, 7) is 1.33. The maximum absolute atomic E-state index is 14.5. The molecule has 28 heavy (non-hydrogen) atoms. The molecule has 8 heteroatoms. The van der Waals surface area contributed by atoms with E-state index in [1.165, 1.54) is 19.2 Å². The number of nitrogens with zero attached hydrogens (tertiary/aromatic N) is 2. The van der Waals surface area contributed by atoms with Crippen LogP contribution in [0.2, 0.25) is 0 Å². The van der Waals surface area contributed by atoms with E-state index in [0.717, 1.165) is 0 Å². The summed E-state index contributed by atoms with van der Waals surface area (Å²) in [7, 11) is 1.48. The molecule has 0 saturated heterocycles. The van der Waals surface area contributed by atoms with E-state index < -0.39 is 17.7 Å². The third kappa shape index (κ3) is 4.01. The number of carboxylic acid groups (broad SMARTS) is 1. The van der Waals surface area contributed by atoms with Gasteiger partial charge in [-0.2, -0.15) is 0 Å². The topological polar surface area (TPSA) is 106 Å². The fourth-order valence-electron chi connectivity index (χ4n) is 3.14. The van der Waals surface area contributed by atoms with Gasteiger partial charge in [-0.15, -0.1) is 10.2 Å². The third-order valence-electron chi connectivity index (χ3n) is 4.33. The van der Waals surface area contributed by atoms with Crippen molar-refractivity contribution in [1.29, 1.82) is 0 Å². The molecule has 7 nitrogen and oxygen atoms in total. The number of carbonyl (C=O) groups is 1. The molecule has 1 unspecified atom stereocenters. The molecule has 146 valence electrons. The minimum atomic E-state index is -1.08. The number of aliphatic hydroxyl groups is 1. The Balaban J connectivity index is 2.17. The molecular weight excluding hydrogens is 367 g/mol. The minimum Gasteiger partial charge on any atom is -0.496 e. The molecule has 0 aliphatic heterocycles. The van der Waals surface area contributed by atoms with Gasteiger partial charge in [0.2, 0.25) is 11.8 Å². The quantitative estimate of drug-likeness (QED) is 0.642. The van der Waals surface area contributed by atoms with Crippen LogP contribution in [0.15, 0.2) is 40.8 Å². The van der Waals surface area contributed by atoms with E-state index in [4.69, 9.17) is 9.15 Å². The highest BCUT2D eigenvalue weighted by molar-refractivity contribution is 5.75. The molecule has 0 aliphatic carbocycles. The number of benzene rings is 2. The lowest BCUT2D eigenvalue weighted by Crippen LogP contribution is -2.09. The maximum Gasteiger partial charge on any atom is 0.304 e. The van der Waals surface area contributed by atoms with Crippen LogP contribution in [-0.4, -0.2) is 33.5 Å². The summed E-state index contributed by atoms with van der Waals surface area (Å²) in [4.78, 5) is 11.4. The summed E-state index contributed by atoms with van der Waals surface area (Å²) >= 11 is 0. The summed E-state index contributed by atoms with van der Waals surface area (Å²) in [5.74, 6) is -1.62. The number of aliphatic carboxylic acids is 1. The highest BCUT2D eigenvalue weighted by Gasteiger charge is 2.25. The van der Waals surface area contributed by atoms with Crippen LogP contribution in [0.5, 0.6) is 5.75 Å². The fraction of sp³-hybridized carbons (Fsp3) is 0.250. The lowest BCUT2D eigenvalue weighted by molar-refractivity contribution is -0.137. The predicted octanol–water partition coefficient (Wildman–Crippen LogP) is 3.29. The molecule has 0 radical (unpaired) electrons. The molecule has 0 fully saturated rings. The van der Waals surface area contributed by atoms with Crippen LogP contribution < -0.4 is 4.74 Å². The van der Waals surface area contributed by atoms with Crippen LogP contribution >= 0.6 is 0 Å². The minimum absolute atomic E-state index is 0.0962. The number of ether oxygens (including phenoxy) is 1. The number of aromatic nitrogens is 2. The first-order valence-electron chi connectivity index (χ1n) is 8.52. The van der Waals surface area contributed by atoms with Gasteiger partial charge in [0.25, 0.3) is 0 Å². The molecule has 0 aliphatic rings. The lowest BCUT2D eigenvalue weighted by Gasteiger charge is -2.16. The van der Waals surface area contributed by atoms with E-state index in [1.807, 2.05) is 0 Å². The molecule has 0 saturated carbocycles. The monoisotopic (exact) mass is 386 g/mol. The zero-order valence-corrected chi connectivity index (χ0v) is 15.3. The largest absolute Gasteiger partial charge is 0.496 e. The normalized spacial score (nSPS) is 12.0. The molecule has 3 aromatic rings. The van der Waals surface area contributed by atoms with Crippen molar-refractivity contribution in [3.63, 3.8) is 0 Å². The Kier molecular flexibility index (Phi) is 5.70. The number of hydrogen-bond donors (Lipinski definition) is 2. The highest BCUT2D eigenvalue weighted by Crippen LogP contribution is 2.37. The molecule has 1 heterocycles. The smallest absolute Gasteiger partial charge is 0.304 e. The van der Waals surface area contributed by atoms with Crippen molar-refractivity contribution in [2.24, 2.45) is 0 Å². The fourth-order valence-corrected chi connectivity index (χ4v) is 3.14. The highest BCUT2D eigenvalue weighted by atomic mass is 19.1. The second kappa shape index (κ2) is 8.18. The van der Waals surface area contributed by atoms with Crippen LogP contribution in [0.3, 0.4) is 0 Å². The second-order valence-corrected chi connectivity index (χ2v) is 6.24. The van der Waals surface area contributed by atoms with Crippen LogP contribution in [0, 0.1) is 12.7 Å². The zero-order chi connectivity index (χ0) is 20.3. The molecule has 0 spiro atoms. The second-order valence-electron chi connectivity index (χ2n) is 6.24. The third-order valence-corrected chi connectivity index (χ3v) is 4.33. The van der Waals surface area contributed by atoms with Gasteiger partial charge in [0.15, 0.2) is 0 Å². The Morgan fingerprint density at radius 3 is 2.68 bits per heavy atom. The van der Waals surface area contributed by atoms with Gasteiger partial charge in [0.1, 0.15) is 11.6 Å². The van der Waals surface area contributed by atoms with Crippen molar-refractivity contribution in [2.75, 3.05) is 7.11 Å². The van der Waals surface area contributed by atoms with Gasteiger partial charge < -0.3 is 19.4 Å². The van der Waals surface area contributed by atoms with E-state index in [2.05, 4.69) is 10.2 Å². The standard InChI is InChI=1S/C20H19FN2O5/c1-11-22-23-20(28-11)16(9-18(25)26)13-6-14(8-15(21)7-13)19-12(10-24)4-3-5-17(19)27-2/h3-8,16,24H,9-10H2,1-2H3,(H,25,26). The van der Waals surface area contributed by atoms with Crippen LogP contribution in [0.25, 0.3) is 11.1 Å². The Morgan fingerprint density at radius 2 is 2.07 bits per heavy atom. The first-order valence-corrected chi connectivity index (χ1v) is 8.52. The van der Waals surface area contributed by atoms with E-state index >= 15 is 0 Å². The molecule has 0 bridgehead atoms. The summed E-state index contributed by atoms with van der Waals surface area (Å²) in [5.41, 5.74) is 1.90. The molecule has 2 aromatic carbocycles. The number of hydrogen-bond acceptors (Lipinski definition) is 6. The SMILES string of the molecule is COc1cccc(CO)c1-c1cc(F)cc(C(CC(=O)O)c2nnc(C)o2)c1. The Morgan fingerprint density at radius 1 is 1.29 bits per heavy atom. The van der Waals surface area contributed by atoms with Gasteiger partial charge in [0, 0.05) is 12.5 Å². The number of methoxy groups -OCH3 is 1. The van der Waals surface area contributed by atoms with E-state index in [1.54, 1.807) is 31.2 Å². The average Bonchev–Trinajstić information content (AvgIpc) is 3.10. The van der Waals surface area contributed by atoms with Crippen molar-refractivity contribution < 1.29 is 28.6 Å². The first-order chi connectivity index (χ1) is 13.4. The summed E-state index contributed by atoms with van der Waals surface area (Å²) < 4.78 is 25.3. The molecular formula is C20H19FN2O5. The van der Waals surface area contributed by atoms with Gasteiger partial charge in [0.05, 0.1) is 26.1 Å². The van der Waals surface area contributed by atoms with Gasteiger partial charge >= 0.3 is 5.97 Å². The number of aliphatic hydroxyl groups excluding tert-OH is 1. The zero-order valence-electron chi connectivity index (χ0n) is 15.3. The number of halogens is 1. The summed E-state index contributed by atoms with van der Waals surface area (Å²) in [6.07, 6.45) is -0.344.